The summed E-state index contributed by atoms with van der Waals surface area (Å²) in [5.74, 6) is 0. The molecule has 8 fully saturated rings. The highest BCUT2D eigenvalue weighted by atomic mass is 28.4. The van der Waals surface area contributed by atoms with Gasteiger partial charge in [0.05, 0.1) is 48.4 Å². The van der Waals surface area contributed by atoms with Crippen LogP contribution < -0.4 is 0 Å². The molecule has 0 aromatic rings. The van der Waals surface area contributed by atoms with Crippen LogP contribution in [0.2, 0.25) is 234 Å². The van der Waals surface area contributed by atoms with Gasteiger partial charge in [-0.05, 0) is 38.4 Å². The first-order chi connectivity index (χ1) is 35.3. The minimum Gasteiger partial charge on any atom is -0.0694 e. The summed E-state index contributed by atoms with van der Waals surface area (Å²) in [6, 6.07) is 15.4. The van der Waals surface area contributed by atoms with Crippen LogP contribution in [0.3, 0.4) is 0 Å². The van der Waals surface area contributed by atoms with Crippen LogP contribution in [0.15, 0.2) is 0 Å². The summed E-state index contributed by atoms with van der Waals surface area (Å²) >= 11 is 0. The molecule has 0 spiro atoms. The van der Waals surface area contributed by atoms with Crippen molar-refractivity contribution in [3.05, 3.63) is 0 Å². The molecule has 8 saturated heterocycles. The lowest BCUT2D eigenvalue weighted by atomic mass is 10.1. The molecule has 75 heavy (non-hydrogen) atoms. The van der Waals surface area contributed by atoms with Crippen molar-refractivity contribution in [1.82, 2.24) is 0 Å². The van der Waals surface area contributed by atoms with E-state index in [-0.39, 0.29) is 0 Å². The largest absolute Gasteiger partial charge is 0.0694 e. The van der Waals surface area contributed by atoms with Crippen LogP contribution in [-0.2, 0) is 0 Å². The van der Waals surface area contributed by atoms with Gasteiger partial charge in [0.15, 0.2) is 0 Å². The van der Waals surface area contributed by atoms with Gasteiger partial charge in [-0.3, -0.25) is 0 Å². The highest BCUT2D eigenvalue weighted by Gasteiger charge is 2.48. The van der Waals surface area contributed by atoms with E-state index in [1.807, 2.05) is 6.55 Å². The Morgan fingerprint density at radius 1 is 0.320 bits per heavy atom. The van der Waals surface area contributed by atoms with E-state index in [0.717, 1.165) is 57.3 Å². The zero-order valence-electron chi connectivity index (χ0n) is 60.8. The molecule has 8 atom stereocenters. The first-order valence-corrected chi connectivity index (χ1v) is 65.7. The van der Waals surface area contributed by atoms with Crippen molar-refractivity contribution in [2.75, 3.05) is 0 Å². The molecular formula is C65H150Si10. The summed E-state index contributed by atoms with van der Waals surface area (Å²) in [4.78, 5) is 0. The summed E-state index contributed by atoms with van der Waals surface area (Å²) in [6.45, 7) is 68.0. The lowest BCUT2D eigenvalue weighted by Crippen LogP contribution is -2.37. The van der Waals surface area contributed by atoms with Gasteiger partial charge in [0.25, 0.3) is 0 Å². The molecule has 450 valence electrons. The lowest BCUT2D eigenvalue weighted by Gasteiger charge is -2.36. The second-order valence-corrected chi connectivity index (χ2v) is 88.2. The first kappa shape index (κ1) is 69.7. The minimum absolute atomic E-state index is 0.495. The maximum absolute atomic E-state index is 7.45. The van der Waals surface area contributed by atoms with Gasteiger partial charge < -0.3 is 0 Å². The van der Waals surface area contributed by atoms with Crippen molar-refractivity contribution in [2.45, 2.75) is 412 Å². The van der Waals surface area contributed by atoms with Crippen LogP contribution >= 0.6 is 0 Å². The Labute approximate surface area is 493 Å². The van der Waals surface area contributed by atoms with Crippen molar-refractivity contribution >= 4 is 80.7 Å². The molecule has 0 saturated carbocycles. The molecule has 8 heterocycles. The molecule has 0 aliphatic carbocycles. The zero-order valence-corrected chi connectivity index (χ0v) is 67.8. The van der Waals surface area contributed by atoms with E-state index in [1.165, 1.54) is 101 Å². The Morgan fingerprint density at radius 3 is 0.840 bits per heavy atom. The fourth-order valence-electron chi connectivity index (χ4n) is 16.5. The molecule has 0 amide bonds. The maximum atomic E-state index is 7.45. The van der Waals surface area contributed by atoms with E-state index in [9.17, 15) is 0 Å². The number of hydrogen-bond acceptors (Lipinski definition) is 0. The quantitative estimate of drug-likeness (QED) is 0.246. The van der Waals surface area contributed by atoms with Gasteiger partial charge in [-0.25, -0.2) is 0 Å². The third kappa shape index (κ3) is 24.0. The van der Waals surface area contributed by atoms with Crippen molar-refractivity contribution in [1.29, 1.82) is 0 Å². The molecule has 0 radical (unpaired) electrons. The van der Waals surface area contributed by atoms with Gasteiger partial charge in [-0.2, -0.15) is 0 Å². The van der Waals surface area contributed by atoms with Crippen LogP contribution in [-0.4, -0.2) is 80.7 Å². The molecule has 4 unspecified atom stereocenters. The van der Waals surface area contributed by atoms with Crippen LogP contribution in [0.1, 0.15) is 183 Å². The third-order valence-corrected chi connectivity index (χ3v) is 80.3. The Morgan fingerprint density at radius 2 is 0.627 bits per heavy atom. The van der Waals surface area contributed by atoms with E-state index in [4.69, 9.17) is 4.11 Å². The molecule has 8 aliphatic rings. The predicted molar refractivity (Wildman–Crippen MR) is 386 cm³/mol. The molecule has 8 aliphatic heterocycles. The topological polar surface area (TPSA) is 0 Å². The summed E-state index contributed by atoms with van der Waals surface area (Å²) in [5, 5.41) is 2.36. The van der Waals surface area contributed by atoms with Crippen molar-refractivity contribution in [3.8, 4) is 0 Å². The fourth-order valence-corrected chi connectivity index (χ4v) is 68.1. The van der Waals surface area contributed by atoms with Gasteiger partial charge in [-0.15, -0.1) is 0 Å². The molecule has 10 heteroatoms. The summed E-state index contributed by atoms with van der Waals surface area (Å²) in [7, 11) is -8.31. The molecule has 0 aromatic heterocycles. The van der Waals surface area contributed by atoms with Crippen molar-refractivity contribution < 1.29 is 4.11 Å². The smallest absolute Gasteiger partial charge is 0.0558 e. The van der Waals surface area contributed by atoms with Crippen molar-refractivity contribution in [2.24, 2.45) is 0 Å². The Bertz CT molecular complexity index is 1630. The molecule has 8 rings (SSSR count). The second kappa shape index (κ2) is 31.9. The average molecular weight is 1220 g/mol. The lowest BCUT2D eigenvalue weighted by molar-refractivity contribution is 0.594. The molecule has 0 nitrogen and oxygen atoms in total. The number of hydrogen-bond donors (Lipinski definition) is 0. The van der Waals surface area contributed by atoms with Crippen LogP contribution in [0, 0.1) is 0 Å². The number of rotatable bonds is 4. The molecule has 0 bridgehead atoms. The summed E-state index contributed by atoms with van der Waals surface area (Å²) in [5.41, 5.74) is 7.07. The summed E-state index contributed by atoms with van der Waals surface area (Å²) < 4.78 is 22.4. The third-order valence-electron chi connectivity index (χ3n) is 25.7. The maximum Gasteiger partial charge on any atom is 0.0558 e. The van der Waals surface area contributed by atoms with Gasteiger partial charge >= 0.3 is 0 Å². The van der Waals surface area contributed by atoms with Crippen molar-refractivity contribution in [3.63, 3.8) is 0 Å². The van der Waals surface area contributed by atoms with E-state index in [2.05, 4.69) is 181 Å². The Balaban J connectivity index is 0.000000446. The zero-order chi connectivity index (χ0) is 60.8. The second-order valence-electron chi connectivity index (χ2n) is 34.5. The first-order valence-electron chi connectivity index (χ1n) is 35.3. The van der Waals surface area contributed by atoms with E-state index < -0.39 is 87.2 Å². The highest BCUT2D eigenvalue weighted by molar-refractivity contribution is 7.02. The van der Waals surface area contributed by atoms with E-state index in [1.54, 1.807) is 54.4 Å². The predicted octanol–water partition coefficient (Wildman–Crippen LogP) is 26.7. The molecule has 0 aromatic carbocycles. The van der Waals surface area contributed by atoms with E-state index >= 15 is 0 Å². The summed E-state index contributed by atoms with van der Waals surface area (Å²) in [6.07, 6.45) is 24.9. The molecular weight excluding hydrogens is 1060 g/mol. The van der Waals surface area contributed by atoms with Crippen LogP contribution in [0.25, 0.3) is 0 Å². The standard InChI is InChI=1S/C9H22Si2.2C9H20Si.C8H20Si2.2C8H18Si.2C7H16Si/c1-6-9-10(2,3)7-8-11(9,4)5;1-8(2)10(4)7-5-6-9(10)3;1-4-9-7-5-6-8-10(9,2)3;1-8-9(2,3)6-7-10(8,4)5;1-8-6-4-5-7-9(8,2)3;1-4-8-6-5-7-9(8,2)3;2*1-7-5-4-6-8(7,2)3/h9H,6-8H2,1-5H3;8-9H,5-7H2,1-4H3;9H,4-8H2,1-3H3;8H,6-7H2,1-5H3;2*8H,4-7H2,1-3H3;2*7H,4-6H2,1-3H3/t;9-,10?;;;8-;;2*7-/m.1..1.11/s1/i;;;;;;2D3;/t;;;;;;7-,8?;. The SMILES string of the molecule is CC(C)[Si]1(C)CCC[C@H]1C.CC1[Si](C)(C)CC[Si]1(C)C.CCC1CCCC[Si]1(C)C.CCC1CCC[Si]1(C)C.CCC1[Si](C)(C)CC[Si]1(C)C.C[C@@H]1CCCC[Si]1(C)C.C[C@@H]1CCC[Si]1(C)C.[2H]C([2H])([2H])[Si]1(C)CCC[C@H]1C. The highest BCUT2D eigenvalue weighted by Crippen LogP contribution is 2.49. The normalized spacial score (nSPS) is 35.9. The average Bonchev–Trinajstić information content (AvgIpc) is 4.14. The van der Waals surface area contributed by atoms with Gasteiger partial charge in [0.1, 0.15) is 0 Å². The van der Waals surface area contributed by atoms with Gasteiger partial charge in [0.2, 0.25) is 0 Å². The monoisotopic (exact) mass is 1210 g/mol. The molecule has 0 N–H and O–H groups in total. The minimum atomic E-state index is -1.89. The van der Waals surface area contributed by atoms with E-state index in [0.29, 0.717) is 5.54 Å². The fraction of sp³-hybridized carbons (Fsp3) is 1.00. The Kier molecular flexibility index (Phi) is 29.6. The van der Waals surface area contributed by atoms with Crippen LogP contribution in [0.4, 0.5) is 0 Å². The van der Waals surface area contributed by atoms with Crippen LogP contribution in [0.5, 0.6) is 0 Å². The van der Waals surface area contributed by atoms with Gasteiger partial charge in [0, 0.05) is 36.4 Å². The Hall–Kier alpha value is 2.17. The van der Waals surface area contributed by atoms with Gasteiger partial charge in [-0.1, -0.05) is 374 Å².